The van der Waals surface area contributed by atoms with Crippen LogP contribution in [-0.4, -0.2) is 22.0 Å². The van der Waals surface area contributed by atoms with Gasteiger partial charge in [0.05, 0.1) is 0 Å². The highest BCUT2D eigenvalue weighted by molar-refractivity contribution is 6.30. The first-order chi connectivity index (χ1) is 12.9. The molecule has 146 valence electrons. The first kappa shape index (κ1) is 20.8. The summed E-state index contributed by atoms with van der Waals surface area (Å²) in [6.45, 7) is 4.42. The zero-order valence-electron chi connectivity index (χ0n) is 15.6. The lowest BCUT2D eigenvalue weighted by atomic mass is 10.1. The Hall–Kier alpha value is -2.54. The van der Waals surface area contributed by atoms with Crippen molar-refractivity contribution in [2.75, 3.05) is 17.2 Å². The lowest BCUT2D eigenvalue weighted by molar-refractivity contribution is -0.118. The summed E-state index contributed by atoms with van der Waals surface area (Å²) in [6.07, 6.45) is 2.34. The van der Waals surface area contributed by atoms with E-state index in [0.29, 0.717) is 18.0 Å². The van der Waals surface area contributed by atoms with Gasteiger partial charge in [-0.15, -0.1) is 0 Å². The smallest absolute Gasteiger partial charge is 0.330 e. The van der Waals surface area contributed by atoms with Gasteiger partial charge < -0.3 is 10.6 Å². The number of H-pyrrole nitrogens is 1. The molecule has 2 rings (SSSR count). The van der Waals surface area contributed by atoms with Crippen molar-refractivity contribution in [2.24, 2.45) is 0 Å². The number of amides is 1. The minimum Gasteiger partial charge on any atom is -0.383 e. The summed E-state index contributed by atoms with van der Waals surface area (Å²) in [4.78, 5) is 40.7. The van der Waals surface area contributed by atoms with Crippen LogP contribution in [-0.2, 0) is 17.8 Å². The molecule has 8 heteroatoms. The van der Waals surface area contributed by atoms with Gasteiger partial charge in [0.15, 0.2) is 5.69 Å². The number of hydrogen-bond donors (Lipinski definition) is 2. The first-order valence-corrected chi connectivity index (χ1v) is 9.44. The molecule has 1 amide bonds. The van der Waals surface area contributed by atoms with E-state index in [0.717, 1.165) is 18.4 Å². The maximum absolute atomic E-state index is 12.7. The van der Waals surface area contributed by atoms with Crippen molar-refractivity contribution < 1.29 is 4.79 Å². The molecule has 7 nitrogen and oxygen atoms in total. The van der Waals surface area contributed by atoms with E-state index in [2.05, 4.69) is 4.98 Å². The third-order valence-electron chi connectivity index (χ3n) is 4.38. The number of aromatic amines is 1. The molecule has 0 aliphatic heterocycles. The quantitative estimate of drug-likeness (QED) is 0.720. The average molecular weight is 393 g/mol. The van der Waals surface area contributed by atoms with Crippen LogP contribution >= 0.6 is 11.6 Å². The van der Waals surface area contributed by atoms with E-state index in [1.165, 1.54) is 9.47 Å². The van der Waals surface area contributed by atoms with Crippen LogP contribution in [0.4, 0.5) is 11.5 Å². The predicted octanol–water partition coefficient (Wildman–Crippen LogP) is 2.56. The summed E-state index contributed by atoms with van der Waals surface area (Å²) in [5.74, 6) is -0.204. The van der Waals surface area contributed by atoms with Crippen LogP contribution in [0.1, 0.15) is 38.7 Å². The molecule has 0 radical (unpaired) electrons. The molecule has 1 aromatic heterocycles. The molecule has 0 saturated heterocycles. The van der Waals surface area contributed by atoms with Gasteiger partial charge in [-0.05, 0) is 37.5 Å². The normalized spacial score (nSPS) is 10.8. The van der Waals surface area contributed by atoms with Gasteiger partial charge in [0.2, 0.25) is 5.91 Å². The number of aryl methyl sites for hydroxylation is 1. The van der Waals surface area contributed by atoms with Gasteiger partial charge in [-0.2, -0.15) is 0 Å². The highest BCUT2D eigenvalue weighted by atomic mass is 35.5. The molecule has 2 aromatic rings. The topological polar surface area (TPSA) is 101 Å². The van der Waals surface area contributed by atoms with Crippen molar-refractivity contribution in [3.05, 3.63) is 55.7 Å². The third kappa shape index (κ3) is 5.01. The van der Waals surface area contributed by atoms with Crippen LogP contribution < -0.4 is 21.9 Å². The Morgan fingerprint density at radius 2 is 1.89 bits per heavy atom. The Balaban J connectivity index is 2.27. The van der Waals surface area contributed by atoms with Crippen molar-refractivity contribution >= 4 is 29.0 Å². The number of nitrogens with two attached hydrogens (primary N) is 1. The zero-order chi connectivity index (χ0) is 20.0. The second-order valence-corrected chi connectivity index (χ2v) is 6.70. The highest BCUT2D eigenvalue weighted by Crippen LogP contribution is 2.19. The van der Waals surface area contributed by atoms with Crippen molar-refractivity contribution in [2.45, 2.75) is 46.1 Å². The maximum Gasteiger partial charge on any atom is 0.330 e. The number of hydrogen-bond acceptors (Lipinski definition) is 4. The van der Waals surface area contributed by atoms with Crippen molar-refractivity contribution in [3.63, 3.8) is 0 Å². The Morgan fingerprint density at radius 3 is 2.48 bits per heavy atom. The van der Waals surface area contributed by atoms with Crippen LogP contribution in [0.3, 0.4) is 0 Å². The molecule has 0 spiro atoms. The zero-order valence-corrected chi connectivity index (χ0v) is 16.4. The fourth-order valence-corrected chi connectivity index (χ4v) is 3.00. The van der Waals surface area contributed by atoms with Crippen LogP contribution in [0.25, 0.3) is 0 Å². The average Bonchev–Trinajstić information content (AvgIpc) is 2.64. The van der Waals surface area contributed by atoms with E-state index in [9.17, 15) is 14.4 Å². The molecular weight excluding hydrogens is 368 g/mol. The van der Waals surface area contributed by atoms with Crippen LogP contribution in [0, 0.1) is 0 Å². The van der Waals surface area contributed by atoms with E-state index in [1.807, 2.05) is 19.1 Å². The number of carbonyl (C=O) groups is 1. The molecule has 0 atom stereocenters. The first-order valence-electron chi connectivity index (χ1n) is 9.06. The fraction of sp³-hybridized carbons (Fsp3) is 0.421. The van der Waals surface area contributed by atoms with Crippen molar-refractivity contribution in [3.8, 4) is 0 Å². The van der Waals surface area contributed by atoms with Gasteiger partial charge in [-0.25, -0.2) is 4.79 Å². The Kier molecular flexibility index (Phi) is 7.24. The molecule has 3 N–H and O–H groups in total. The number of nitrogens with one attached hydrogen (secondary N) is 1. The summed E-state index contributed by atoms with van der Waals surface area (Å²) in [5.41, 5.74) is 5.90. The third-order valence-corrected chi connectivity index (χ3v) is 4.63. The number of aromatic nitrogens is 2. The number of anilines is 2. The minimum atomic E-state index is -0.646. The Bertz CT molecular complexity index is 903. The number of benzene rings is 1. The molecule has 0 unspecified atom stereocenters. The second kappa shape index (κ2) is 9.41. The van der Waals surface area contributed by atoms with Crippen molar-refractivity contribution in [1.82, 2.24) is 9.55 Å². The number of halogens is 1. The number of unbranched alkanes of at least 4 members (excludes halogenated alkanes) is 1. The second-order valence-electron chi connectivity index (χ2n) is 6.26. The molecule has 0 aliphatic carbocycles. The monoisotopic (exact) mass is 392 g/mol. The minimum absolute atomic E-state index is 0.0268. The highest BCUT2D eigenvalue weighted by Gasteiger charge is 2.22. The van der Waals surface area contributed by atoms with Crippen molar-refractivity contribution in [1.29, 1.82) is 0 Å². The largest absolute Gasteiger partial charge is 0.383 e. The van der Waals surface area contributed by atoms with E-state index in [4.69, 9.17) is 17.3 Å². The fourth-order valence-electron chi connectivity index (χ4n) is 2.87. The van der Waals surface area contributed by atoms with Gasteiger partial charge in [-0.1, -0.05) is 37.1 Å². The lowest BCUT2D eigenvalue weighted by Crippen LogP contribution is -2.41. The molecule has 1 aromatic carbocycles. The van der Waals surface area contributed by atoms with E-state index >= 15 is 0 Å². The van der Waals surface area contributed by atoms with Crippen LogP contribution in [0.5, 0.6) is 0 Å². The van der Waals surface area contributed by atoms with E-state index in [1.54, 1.807) is 19.1 Å². The number of carbonyl (C=O) groups excluding carboxylic acids is 1. The molecule has 0 bridgehead atoms. The number of nitrogen functional groups attached to an aromatic ring is 1. The SMILES string of the molecule is CCCCn1c(N)c(N(CC)C(=O)CCc2ccc(Cl)cc2)c(=O)[nH]c1=O. The van der Waals surface area contributed by atoms with Crippen LogP contribution in [0.15, 0.2) is 33.9 Å². The predicted molar refractivity (Wildman–Crippen MR) is 108 cm³/mol. The van der Waals surface area contributed by atoms with Gasteiger partial charge in [-0.3, -0.25) is 19.1 Å². The van der Waals surface area contributed by atoms with Gasteiger partial charge in [0.1, 0.15) is 5.82 Å². The summed E-state index contributed by atoms with van der Waals surface area (Å²) >= 11 is 5.87. The Labute approximate surface area is 162 Å². The van der Waals surface area contributed by atoms with E-state index < -0.39 is 11.2 Å². The van der Waals surface area contributed by atoms with Gasteiger partial charge >= 0.3 is 5.69 Å². The molecule has 27 heavy (non-hydrogen) atoms. The van der Waals surface area contributed by atoms with Crippen LogP contribution in [0.2, 0.25) is 5.02 Å². The molecule has 0 aliphatic rings. The molecule has 0 saturated carbocycles. The molecular formula is C19H25ClN4O3. The number of nitrogens with zero attached hydrogens (tertiary/aromatic N) is 2. The summed E-state index contributed by atoms with van der Waals surface area (Å²) in [5, 5.41) is 0.633. The van der Waals surface area contributed by atoms with Gasteiger partial charge in [0, 0.05) is 24.5 Å². The van der Waals surface area contributed by atoms with E-state index in [-0.39, 0.29) is 30.4 Å². The molecule has 0 fully saturated rings. The molecule has 1 heterocycles. The number of rotatable bonds is 8. The standard InChI is InChI=1S/C19H25ClN4O3/c1-3-5-12-24-17(21)16(18(26)22-19(24)27)23(4-2)15(25)11-8-13-6-9-14(20)10-7-13/h6-7,9-10H,3-5,8,11-12,21H2,1-2H3,(H,22,26,27). The Morgan fingerprint density at radius 1 is 1.22 bits per heavy atom. The van der Waals surface area contributed by atoms with Gasteiger partial charge in [0.25, 0.3) is 5.56 Å². The lowest BCUT2D eigenvalue weighted by Gasteiger charge is -2.23. The summed E-state index contributed by atoms with van der Waals surface area (Å²) < 4.78 is 1.31. The summed E-state index contributed by atoms with van der Waals surface area (Å²) in [7, 11) is 0. The maximum atomic E-state index is 12.7. The summed E-state index contributed by atoms with van der Waals surface area (Å²) in [6, 6.07) is 7.26.